The van der Waals surface area contributed by atoms with E-state index in [9.17, 15) is 9.18 Å². The molecule has 0 bridgehead atoms. The first-order valence-electron chi connectivity index (χ1n) is 4.56. The molecule has 15 heavy (non-hydrogen) atoms. The molecule has 1 aromatic rings. The van der Waals surface area contributed by atoms with E-state index in [4.69, 9.17) is 4.74 Å². The molecule has 0 aliphatic rings. The molecule has 0 unspecified atom stereocenters. The van der Waals surface area contributed by atoms with Crippen molar-refractivity contribution >= 4 is 5.78 Å². The van der Waals surface area contributed by atoms with Crippen molar-refractivity contribution in [2.75, 3.05) is 7.11 Å². The smallest absolute Gasteiger partial charge is 0.168 e. The summed E-state index contributed by atoms with van der Waals surface area (Å²) in [6, 6.07) is 4.74. The molecule has 80 valence electrons. The van der Waals surface area contributed by atoms with Crippen molar-refractivity contribution in [2.24, 2.45) is 0 Å². The van der Waals surface area contributed by atoms with E-state index in [-0.39, 0.29) is 18.0 Å². The minimum atomic E-state index is -0.477. The number of ketones is 1. The van der Waals surface area contributed by atoms with Gasteiger partial charge in [-0.25, -0.2) is 4.39 Å². The van der Waals surface area contributed by atoms with Gasteiger partial charge in [-0.2, -0.15) is 0 Å². The van der Waals surface area contributed by atoms with Gasteiger partial charge in [0.25, 0.3) is 0 Å². The van der Waals surface area contributed by atoms with Crippen LogP contribution in [-0.4, -0.2) is 12.9 Å². The van der Waals surface area contributed by atoms with Crippen LogP contribution >= 0.6 is 0 Å². The number of hydrogen-bond acceptors (Lipinski definition) is 2. The summed E-state index contributed by atoms with van der Waals surface area (Å²) in [5.41, 5.74) is 0.763. The highest BCUT2D eigenvalue weighted by molar-refractivity contribution is 5.95. The molecule has 0 aliphatic carbocycles. The number of carbonyl (C=O) groups excluding carboxylic acids is 1. The fourth-order valence-corrected chi connectivity index (χ4v) is 1.17. The highest BCUT2D eigenvalue weighted by Crippen LogP contribution is 2.20. The van der Waals surface area contributed by atoms with Gasteiger partial charge in [0, 0.05) is 6.42 Å². The number of benzene rings is 1. The van der Waals surface area contributed by atoms with Crippen molar-refractivity contribution in [3.05, 3.63) is 41.7 Å². The first-order valence-corrected chi connectivity index (χ1v) is 4.56. The molecular formula is C12H13FO2. The van der Waals surface area contributed by atoms with E-state index in [1.54, 1.807) is 19.1 Å². The largest absolute Gasteiger partial charge is 0.494 e. The molecule has 0 amide bonds. The van der Waals surface area contributed by atoms with Crippen molar-refractivity contribution in [2.45, 2.75) is 13.3 Å². The van der Waals surface area contributed by atoms with Crippen LogP contribution in [0.15, 0.2) is 30.4 Å². The number of rotatable bonds is 4. The van der Waals surface area contributed by atoms with Crippen LogP contribution in [0.3, 0.4) is 0 Å². The summed E-state index contributed by atoms with van der Waals surface area (Å²) >= 11 is 0. The molecule has 3 heteroatoms. The van der Waals surface area contributed by atoms with Crippen LogP contribution in [0.5, 0.6) is 5.75 Å². The van der Waals surface area contributed by atoms with E-state index in [0.717, 1.165) is 0 Å². The third-order valence-electron chi connectivity index (χ3n) is 2.09. The minimum Gasteiger partial charge on any atom is -0.494 e. The summed E-state index contributed by atoms with van der Waals surface area (Å²) in [4.78, 5) is 11.4. The summed E-state index contributed by atoms with van der Waals surface area (Å²) in [5.74, 6) is -0.487. The monoisotopic (exact) mass is 208 g/mol. The first kappa shape index (κ1) is 11.4. The highest BCUT2D eigenvalue weighted by atomic mass is 19.1. The molecule has 0 N–H and O–H groups in total. The van der Waals surface area contributed by atoms with Gasteiger partial charge < -0.3 is 4.74 Å². The predicted molar refractivity (Wildman–Crippen MR) is 56.5 cm³/mol. The Labute approximate surface area is 88.4 Å². The third kappa shape index (κ3) is 2.65. The average molecular weight is 208 g/mol. The predicted octanol–water partition coefficient (Wildman–Crippen LogP) is 2.52. The quantitative estimate of drug-likeness (QED) is 0.711. The SMILES string of the molecule is C=C(C)C(=O)Cc1cccc(OC)c1F. The van der Waals surface area contributed by atoms with Crippen LogP contribution in [0, 0.1) is 5.82 Å². The normalized spacial score (nSPS) is 9.80. The molecule has 2 nitrogen and oxygen atoms in total. The van der Waals surface area contributed by atoms with Gasteiger partial charge in [-0.15, -0.1) is 0 Å². The zero-order chi connectivity index (χ0) is 11.4. The lowest BCUT2D eigenvalue weighted by Crippen LogP contribution is -2.05. The van der Waals surface area contributed by atoms with Gasteiger partial charge in [0.2, 0.25) is 0 Å². The van der Waals surface area contributed by atoms with Crippen molar-refractivity contribution in [1.82, 2.24) is 0 Å². The molecule has 0 radical (unpaired) electrons. The Morgan fingerprint density at radius 3 is 2.73 bits per heavy atom. The lowest BCUT2D eigenvalue weighted by Gasteiger charge is -2.06. The molecule has 0 fully saturated rings. The minimum absolute atomic E-state index is 0.0262. The van der Waals surface area contributed by atoms with Crippen LogP contribution in [0.25, 0.3) is 0 Å². The van der Waals surface area contributed by atoms with Crippen LogP contribution in [0.1, 0.15) is 12.5 Å². The van der Waals surface area contributed by atoms with Gasteiger partial charge in [0.05, 0.1) is 7.11 Å². The molecular weight excluding hydrogens is 195 g/mol. The Kier molecular flexibility index (Phi) is 3.61. The summed E-state index contributed by atoms with van der Waals surface area (Å²) in [5, 5.41) is 0. The second-order valence-electron chi connectivity index (χ2n) is 3.31. The van der Waals surface area contributed by atoms with Gasteiger partial charge in [0.1, 0.15) is 0 Å². The van der Waals surface area contributed by atoms with Gasteiger partial charge in [-0.1, -0.05) is 18.7 Å². The molecule has 0 saturated carbocycles. The fraction of sp³-hybridized carbons (Fsp3) is 0.250. The number of halogens is 1. The second kappa shape index (κ2) is 4.73. The number of ether oxygens (including phenoxy) is 1. The van der Waals surface area contributed by atoms with Crippen LogP contribution in [0.2, 0.25) is 0 Å². The topological polar surface area (TPSA) is 26.3 Å². The zero-order valence-corrected chi connectivity index (χ0v) is 8.84. The zero-order valence-electron chi connectivity index (χ0n) is 8.84. The molecule has 0 spiro atoms. The Morgan fingerprint density at radius 1 is 1.53 bits per heavy atom. The van der Waals surface area contributed by atoms with E-state index in [0.29, 0.717) is 11.1 Å². The van der Waals surface area contributed by atoms with E-state index in [1.165, 1.54) is 13.2 Å². The maximum atomic E-state index is 13.6. The molecule has 0 heterocycles. The van der Waals surface area contributed by atoms with E-state index >= 15 is 0 Å². The number of carbonyl (C=O) groups is 1. The average Bonchev–Trinajstić information content (AvgIpc) is 2.21. The fourth-order valence-electron chi connectivity index (χ4n) is 1.17. The molecule has 0 atom stereocenters. The van der Waals surface area contributed by atoms with E-state index in [1.807, 2.05) is 0 Å². The van der Waals surface area contributed by atoms with Crippen molar-refractivity contribution in [3.8, 4) is 5.75 Å². The standard InChI is InChI=1S/C12H13FO2/c1-8(2)10(14)7-9-5-4-6-11(15-3)12(9)13/h4-6H,1,7H2,2-3H3. The molecule has 0 aromatic heterocycles. The maximum absolute atomic E-state index is 13.6. The van der Waals surface area contributed by atoms with Crippen LogP contribution in [-0.2, 0) is 11.2 Å². The molecule has 1 aromatic carbocycles. The first-order chi connectivity index (χ1) is 7.06. The Hall–Kier alpha value is -1.64. The lowest BCUT2D eigenvalue weighted by atomic mass is 10.0. The Morgan fingerprint density at radius 2 is 2.20 bits per heavy atom. The van der Waals surface area contributed by atoms with Gasteiger partial charge in [-0.05, 0) is 24.1 Å². The molecule has 1 rings (SSSR count). The number of methoxy groups -OCH3 is 1. The van der Waals surface area contributed by atoms with Gasteiger partial charge >= 0.3 is 0 Å². The number of Topliss-reactive ketones (excluding diaryl/α,β-unsaturated/α-hetero) is 1. The van der Waals surface area contributed by atoms with E-state index < -0.39 is 5.82 Å². The molecule has 0 aliphatic heterocycles. The van der Waals surface area contributed by atoms with Crippen LogP contribution in [0.4, 0.5) is 4.39 Å². The van der Waals surface area contributed by atoms with Gasteiger partial charge in [-0.3, -0.25) is 4.79 Å². The van der Waals surface area contributed by atoms with Crippen molar-refractivity contribution in [3.63, 3.8) is 0 Å². The number of allylic oxidation sites excluding steroid dienone is 1. The maximum Gasteiger partial charge on any atom is 0.168 e. The number of hydrogen-bond donors (Lipinski definition) is 0. The summed E-state index contributed by atoms with van der Waals surface area (Å²) in [6.45, 7) is 5.13. The second-order valence-corrected chi connectivity index (χ2v) is 3.31. The van der Waals surface area contributed by atoms with E-state index in [2.05, 4.69) is 6.58 Å². The highest BCUT2D eigenvalue weighted by Gasteiger charge is 2.12. The van der Waals surface area contributed by atoms with Crippen molar-refractivity contribution in [1.29, 1.82) is 0 Å². The Balaban J connectivity index is 2.95. The Bertz CT molecular complexity index is 397. The summed E-state index contributed by atoms with van der Waals surface area (Å²) in [7, 11) is 1.39. The lowest BCUT2D eigenvalue weighted by molar-refractivity contribution is -0.114. The molecule has 0 saturated heterocycles. The van der Waals surface area contributed by atoms with Crippen LogP contribution < -0.4 is 4.74 Å². The third-order valence-corrected chi connectivity index (χ3v) is 2.09. The summed E-state index contributed by atoms with van der Waals surface area (Å²) < 4.78 is 18.4. The summed E-state index contributed by atoms with van der Waals surface area (Å²) in [6.07, 6.45) is 0.0262. The van der Waals surface area contributed by atoms with Crippen molar-refractivity contribution < 1.29 is 13.9 Å². The van der Waals surface area contributed by atoms with Gasteiger partial charge in [0.15, 0.2) is 17.3 Å².